The third-order valence-corrected chi connectivity index (χ3v) is 3.91. The van der Waals surface area contributed by atoms with E-state index in [4.69, 9.17) is 14.2 Å². The Morgan fingerprint density at radius 1 is 0.778 bits per heavy atom. The summed E-state index contributed by atoms with van der Waals surface area (Å²) >= 11 is 0. The second-order valence-electron chi connectivity index (χ2n) is 5.80. The molecule has 3 rings (SSSR count). The van der Waals surface area contributed by atoms with Gasteiger partial charge in [0.25, 0.3) is 0 Å². The molecule has 0 aromatic heterocycles. The molecule has 0 fully saturated rings. The largest absolute Gasteiger partial charge is 0.494 e. The van der Waals surface area contributed by atoms with E-state index in [0.29, 0.717) is 29.7 Å². The summed E-state index contributed by atoms with van der Waals surface area (Å²) in [7, 11) is 0. The number of halogens is 3. The molecule has 6 heteroatoms. The molecule has 0 saturated carbocycles. The first kappa shape index (κ1) is 18.9. The molecule has 0 unspecified atom stereocenters. The van der Waals surface area contributed by atoms with Gasteiger partial charge in [-0.15, -0.1) is 0 Å². The first-order valence-corrected chi connectivity index (χ1v) is 8.59. The Balaban J connectivity index is 1.85. The molecule has 0 radical (unpaired) electrons. The molecule has 0 aliphatic carbocycles. The number of benzene rings is 3. The zero-order valence-corrected chi connectivity index (χ0v) is 15.0. The third kappa shape index (κ3) is 4.27. The maximum Gasteiger partial charge on any atom is 0.426 e. The lowest BCUT2D eigenvalue weighted by atomic mass is 10.1. The number of fused-ring (bicyclic) bond motifs is 1. The summed E-state index contributed by atoms with van der Waals surface area (Å²) in [5, 5.41) is 1.10. The van der Waals surface area contributed by atoms with E-state index >= 15 is 0 Å². The van der Waals surface area contributed by atoms with Crippen molar-refractivity contribution in [3.05, 3.63) is 66.0 Å². The van der Waals surface area contributed by atoms with Gasteiger partial charge in [0.1, 0.15) is 11.5 Å². The Morgan fingerprint density at radius 3 is 2.11 bits per heavy atom. The molecule has 3 nitrogen and oxygen atoms in total. The van der Waals surface area contributed by atoms with Gasteiger partial charge in [-0.25, -0.2) is 4.39 Å². The van der Waals surface area contributed by atoms with E-state index in [2.05, 4.69) is 0 Å². The molecule has 0 heterocycles. The zero-order valence-electron chi connectivity index (χ0n) is 15.0. The fourth-order valence-corrected chi connectivity index (χ4v) is 2.68. The maximum atomic E-state index is 14.4. The van der Waals surface area contributed by atoms with Crippen molar-refractivity contribution >= 4 is 10.8 Å². The topological polar surface area (TPSA) is 27.7 Å². The van der Waals surface area contributed by atoms with E-state index < -0.39 is 11.9 Å². The molecular formula is C21H19F3O3. The van der Waals surface area contributed by atoms with Gasteiger partial charge < -0.3 is 14.2 Å². The van der Waals surface area contributed by atoms with E-state index in [0.717, 1.165) is 0 Å². The lowest BCUT2D eigenvalue weighted by molar-refractivity contribution is -0.185. The number of alkyl halides is 2. The van der Waals surface area contributed by atoms with Crippen LogP contribution >= 0.6 is 0 Å². The van der Waals surface area contributed by atoms with Crippen LogP contribution in [0.2, 0.25) is 0 Å². The minimum Gasteiger partial charge on any atom is -0.494 e. The normalized spacial score (nSPS) is 11.4. The van der Waals surface area contributed by atoms with Crippen molar-refractivity contribution in [3.63, 3.8) is 0 Å². The van der Waals surface area contributed by atoms with Crippen LogP contribution in [0.5, 0.6) is 17.2 Å². The third-order valence-electron chi connectivity index (χ3n) is 3.91. The smallest absolute Gasteiger partial charge is 0.426 e. The van der Waals surface area contributed by atoms with Gasteiger partial charge in [-0.1, -0.05) is 6.07 Å². The Bertz CT molecular complexity index is 924. The van der Waals surface area contributed by atoms with Crippen molar-refractivity contribution in [2.45, 2.75) is 20.0 Å². The molecule has 0 aliphatic rings. The Hall–Kier alpha value is -2.89. The van der Waals surface area contributed by atoms with Gasteiger partial charge in [0, 0.05) is 0 Å². The van der Waals surface area contributed by atoms with Gasteiger partial charge in [-0.2, -0.15) is 8.78 Å². The van der Waals surface area contributed by atoms with Gasteiger partial charge in [-0.05, 0) is 73.2 Å². The fraction of sp³-hybridized carbons (Fsp3) is 0.238. The molecule has 3 aromatic carbocycles. The highest BCUT2D eigenvalue weighted by Gasteiger charge is 2.34. The fourth-order valence-electron chi connectivity index (χ4n) is 2.68. The van der Waals surface area contributed by atoms with Crippen LogP contribution in [0.1, 0.15) is 19.4 Å². The Kier molecular flexibility index (Phi) is 5.44. The molecule has 3 aromatic rings. The number of ether oxygens (including phenoxy) is 3. The van der Waals surface area contributed by atoms with E-state index in [-0.39, 0.29) is 17.1 Å². The van der Waals surface area contributed by atoms with Crippen LogP contribution in [-0.2, 0) is 6.11 Å². The molecule has 0 saturated heterocycles. The summed E-state index contributed by atoms with van der Waals surface area (Å²) in [6.45, 7) is 4.35. The molecule has 27 heavy (non-hydrogen) atoms. The van der Waals surface area contributed by atoms with Crippen molar-refractivity contribution in [3.8, 4) is 17.2 Å². The van der Waals surface area contributed by atoms with Crippen molar-refractivity contribution < 1.29 is 27.4 Å². The van der Waals surface area contributed by atoms with Crippen LogP contribution < -0.4 is 14.2 Å². The van der Waals surface area contributed by atoms with Crippen LogP contribution in [0.4, 0.5) is 13.2 Å². The first-order chi connectivity index (χ1) is 12.9. The van der Waals surface area contributed by atoms with Crippen LogP contribution in [0.15, 0.2) is 54.6 Å². The number of rotatable bonds is 7. The summed E-state index contributed by atoms with van der Waals surface area (Å²) in [6.07, 6.45) is -3.54. The Labute approximate surface area is 155 Å². The highest BCUT2D eigenvalue weighted by Crippen LogP contribution is 2.34. The van der Waals surface area contributed by atoms with Crippen LogP contribution in [-0.4, -0.2) is 13.2 Å². The van der Waals surface area contributed by atoms with Gasteiger partial charge in [0.15, 0.2) is 11.6 Å². The number of hydrogen-bond donors (Lipinski definition) is 0. The molecule has 142 valence electrons. The average Bonchev–Trinajstić information content (AvgIpc) is 2.63. The molecule has 0 amide bonds. The minimum atomic E-state index is -3.54. The van der Waals surface area contributed by atoms with Gasteiger partial charge in [0.2, 0.25) is 0 Å². The van der Waals surface area contributed by atoms with Crippen LogP contribution in [0.25, 0.3) is 10.8 Å². The second-order valence-corrected chi connectivity index (χ2v) is 5.80. The molecule has 0 aliphatic heterocycles. The lowest BCUT2D eigenvalue weighted by Crippen LogP contribution is -2.21. The number of hydrogen-bond acceptors (Lipinski definition) is 3. The van der Waals surface area contributed by atoms with E-state index in [1.807, 2.05) is 6.92 Å². The maximum absolute atomic E-state index is 14.4. The molecular weight excluding hydrogens is 357 g/mol. The van der Waals surface area contributed by atoms with Crippen LogP contribution in [0, 0.1) is 5.82 Å². The van der Waals surface area contributed by atoms with Crippen molar-refractivity contribution in [2.75, 3.05) is 13.2 Å². The zero-order chi connectivity index (χ0) is 19.4. The summed E-state index contributed by atoms with van der Waals surface area (Å²) in [4.78, 5) is 0. The van der Waals surface area contributed by atoms with Crippen molar-refractivity contribution in [2.24, 2.45) is 0 Å². The summed E-state index contributed by atoms with van der Waals surface area (Å²) in [6, 6.07) is 12.6. The molecule has 0 N–H and O–H groups in total. The quantitative estimate of drug-likeness (QED) is 0.513. The average molecular weight is 376 g/mol. The van der Waals surface area contributed by atoms with Crippen molar-refractivity contribution in [1.82, 2.24) is 0 Å². The van der Waals surface area contributed by atoms with Gasteiger partial charge in [-0.3, -0.25) is 0 Å². The molecule has 0 atom stereocenters. The van der Waals surface area contributed by atoms with E-state index in [9.17, 15) is 13.2 Å². The summed E-state index contributed by atoms with van der Waals surface area (Å²) in [5.74, 6) is 0.00596. The first-order valence-electron chi connectivity index (χ1n) is 8.59. The predicted octanol–water partition coefficient (Wildman–Crippen LogP) is 5.90. The monoisotopic (exact) mass is 376 g/mol. The summed E-state index contributed by atoms with van der Waals surface area (Å²) in [5.41, 5.74) is -0.302. The van der Waals surface area contributed by atoms with Crippen molar-refractivity contribution in [1.29, 1.82) is 0 Å². The second kappa shape index (κ2) is 7.78. The lowest BCUT2D eigenvalue weighted by Gasteiger charge is -2.19. The highest BCUT2D eigenvalue weighted by atomic mass is 19.3. The standard InChI is InChI=1S/C21H19F3O3/c1-3-25-17-9-6-16(7-10-17)21(23,24)27-18-8-5-14-13-20(26-4-2)19(22)12-15(14)11-18/h5-13H,3-4H2,1-2H3. The highest BCUT2D eigenvalue weighted by molar-refractivity contribution is 5.85. The van der Waals surface area contributed by atoms with Gasteiger partial charge in [0.05, 0.1) is 18.8 Å². The van der Waals surface area contributed by atoms with E-state index in [1.165, 1.54) is 48.5 Å². The minimum absolute atomic E-state index is 0.0649. The van der Waals surface area contributed by atoms with Crippen LogP contribution in [0.3, 0.4) is 0 Å². The van der Waals surface area contributed by atoms with Gasteiger partial charge >= 0.3 is 6.11 Å². The predicted molar refractivity (Wildman–Crippen MR) is 97.2 cm³/mol. The Morgan fingerprint density at radius 2 is 1.44 bits per heavy atom. The molecule has 0 bridgehead atoms. The van der Waals surface area contributed by atoms with E-state index in [1.54, 1.807) is 13.0 Å². The summed E-state index contributed by atoms with van der Waals surface area (Å²) < 4.78 is 58.2. The SMILES string of the molecule is CCOc1ccc(C(F)(F)Oc2ccc3cc(OCC)c(F)cc3c2)cc1. The molecule has 0 spiro atoms.